The number of nitrogens with zero attached hydrogens (tertiary/aromatic N) is 1. The summed E-state index contributed by atoms with van der Waals surface area (Å²) in [4.78, 5) is 24.5. The van der Waals surface area contributed by atoms with Crippen LogP contribution >= 0.6 is 0 Å². The molecule has 1 aliphatic heterocycles. The highest BCUT2D eigenvalue weighted by atomic mass is 16.6. The molecular weight excluding hydrogens is 266 g/mol. The molecule has 1 heterocycles. The van der Waals surface area contributed by atoms with E-state index in [0.29, 0.717) is 13.2 Å². The number of methoxy groups -OCH3 is 1. The van der Waals surface area contributed by atoms with E-state index in [9.17, 15) is 14.7 Å². The minimum Gasteiger partial charge on any atom is -0.469 e. The molecule has 0 aromatic rings. The van der Waals surface area contributed by atoms with E-state index < -0.39 is 29.9 Å². The van der Waals surface area contributed by atoms with E-state index in [-0.39, 0.29) is 13.0 Å². The summed E-state index contributed by atoms with van der Waals surface area (Å²) in [7, 11) is 1.25. The van der Waals surface area contributed by atoms with E-state index >= 15 is 0 Å². The number of hydrogen-bond donors (Lipinski definition) is 1. The molecule has 1 saturated heterocycles. The molecule has 1 amide bonds. The third kappa shape index (κ3) is 5.34. The molecule has 7 heteroatoms. The fraction of sp³-hybridized carbons (Fsp3) is 0.846. The highest BCUT2D eigenvalue weighted by molar-refractivity contribution is 5.70. The van der Waals surface area contributed by atoms with Crippen LogP contribution in [0.5, 0.6) is 0 Å². The number of aliphatic hydroxyl groups excluding tert-OH is 1. The third-order valence-corrected chi connectivity index (χ3v) is 2.78. The van der Waals surface area contributed by atoms with Crippen molar-refractivity contribution in [2.75, 3.05) is 26.8 Å². The van der Waals surface area contributed by atoms with Crippen LogP contribution in [0.2, 0.25) is 0 Å². The van der Waals surface area contributed by atoms with Gasteiger partial charge < -0.3 is 24.2 Å². The molecule has 7 nitrogen and oxygen atoms in total. The Labute approximate surface area is 118 Å². The molecule has 0 radical (unpaired) electrons. The van der Waals surface area contributed by atoms with Crippen molar-refractivity contribution >= 4 is 12.1 Å². The minimum absolute atomic E-state index is 0.163. The summed E-state index contributed by atoms with van der Waals surface area (Å²) in [5.41, 5.74) is -0.574. The first-order chi connectivity index (χ1) is 9.23. The van der Waals surface area contributed by atoms with Crippen molar-refractivity contribution in [3.8, 4) is 0 Å². The standard InChI is InChI=1S/C13H23NO6/c1-13(2,3)20-12(17)14-5-6-19-10(8-14)9(15)7-11(16)18-4/h9-10,15H,5-8H2,1-4H3/t9-,10?/m0/s1. The average molecular weight is 289 g/mol. The SMILES string of the molecule is COC(=O)C[C@H](O)C1CN(C(=O)OC(C)(C)C)CCO1. The highest BCUT2D eigenvalue weighted by Crippen LogP contribution is 2.16. The lowest BCUT2D eigenvalue weighted by Crippen LogP contribution is -2.51. The lowest BCUT2D eigenvalue weighted by atomic mass is 10.1. The number of ether oxygens (including phenoxy) is 3. The van der Waals surface area contributed by atoms with Gasteiger partial charge in [0.05, 0.1) is 32.8 Å². The van der Waals surface area contributed by atoms with Gasteiger partial charge in [0.1, 0.15) is 11.7 Å². The van der Waals surface area contributed by atoms with Gasteiger partial charge in [-0.2, -0.15) is 0 Å². The van der Waals surface area contributed by atoms with Crippen LogP contribution in [-0.4, -0.2) is 66.7 Å². The van der Waals surface area contributed by atoms with E-state index in [4.69, 9.17) is 9.47 Å². The molecule has 0 aliphatic carbocycles. The predicted molar refractivity (Wildman–Crippen MR) is 70.2 cm³/mol. The number of aliphatic hydroxyl groups is 1. The second kappa shape index (κ2) is 6.90. The fourth-order valence-corrected chi connectivity index (χ4v) is 1.79. The molecule has 0 spiro atoms. The number of esters is 1. The largest absolute Gasteiger partial charge is 0.469 e. The minimum atomic E-state index is -1.01. The van der Waals surface area contributed by atoms with E-state index in [2.05, 4.69) is 4.74 Å². The quantitative estimate of drug-likeness (QED) is 0.764. The Morgan fingerprint density at radius 2 is 2.10 bits per heavy atom. The summed E-state index contributed by atoms with van der Waals surface area (Å²) >= 11 is 0. The van der Waals surface area contributed by atoms with Crippen molar-refractivity contribution in [3.63, 3.8) is 0 Å². The zero-order valence-electron chi connectivity index (χ0n) is 12.4. The smallest absolute Gasteiger partial charge is 0.410 e. The van der Waals surface area contributed by atoms with E-state index in [1.54, 1.807) is 20.8 Å². The predicted octanol–water partition coefficient (Wildman–Crippen LogP) is 0.546. The summed E-state index contributed by atoms with van der Waals surface area (Å²) in [5, 5.41) is 9.90. The highest BCUT2D eigenvalue weighted by Gasteiger charge is 2.32. The van der Waals surface area contributed by atoms with E-state index in [1.165, 1.54) is 12.0 Å². The maximum Gasteiger partial charge on any atom is 0.410 e. The van der Waals surface area contributed by atoms with Crippen LogP contribution in [0.4, 0.5) is 4.79 Å². The van der Waals surface area contributed by atoms with Gasteiger partial charge in [0.25, 0.3) is 0 Å². The van der Waals surface area contributed by atoms with Crippen LogP contribution < -0.4 is 0 Å². The third-order valence-electron chi connectivity index (χ3n) is 2.78. The summed E-state index contributed by atoms with van der Waals surface area (Å²) in [5.74, 6) is -0.518. The van der Waals surface area contributed by atoms with Gasteiger partial charge in [0.15, 0.2) is 0 Å². The van der Waals surface area contributed by atoms with E-state index in [0.717, 1.165) is 0 Å². The van der Waals surface area contributed by atoms with Crippen LogP contribution in [0, 0.1) is 0 Å². The number of carbonyl (C=O) groups excluding carboxylic acids is 2. The Balaban J connectivity index is 2.53. The second-order valence-electron chi connectivity index (χ2n) is 5.68. The number of hydrogen-bond acceptors (Lipinski definition) is 6. The van der Waals surface area contributed by atoms with Crippen molar-refractivity contribution in [3.05, 3.63) is 0 Å². The maximum absolute atomic E-state index is 11.9. The Bertz CT molecular complexity index is 351. The van der Waals surface area contributed by atoms with Crippen LogP contribution in [0.25, 0.3) is 0 Å². The molecule has 1 fully saturated rings. The van der Waals surface area contributed by atoms with E-state index in [1.807, 2.05) is 0 Å². The van der Waals surface area contributed by atoms with Crippen LogP contribution in [0.1, 0.15) is 27.2 Å². The van der Waals surface area contributed by atoms with Crippen molar-refractivity contribution < 1.29 is 28.9 Å². The van der Waals surface area contributed by atoms with Crippen LogP contribution in [0.15, 0.2) is 0 Å². The molecule has 0 aromatic carbocycles. The van der Waals surface area contributed by atoms with Crippen LogP contribution in [-0.2, 0) is 19.0 Å². The topological polar surface area (TPSA) is 85.3 Å². The second-order valence-corrected chi connectivity index (χ2v) is 5.68. The normalized spacial score (nSPS) is 21.2. The van der Waals surface area contributed by atoms with Crippen molar-refractivity contribution in [2.45, 2.75) is 45.0 Å². The van der Waals surface area contributed by atoms with Gasteiger partial charge in [-0.1, -0.05) is 0 Å². The molecule has 1 N–H and O–H groups in total. The monoisotopic (exact) mass is 289 g/mol. The van der Waals surface area contributed by atoms with Crippen molar-refractivity contribution in [2.24, 2.45) is 0 Å². The first kappa shape index (κ1) is 16.7. The van der Waals surface area contributed by atoms with Crippen molar-refractivity contribution in [1.29, 1.82) is 0 Å². The average Bonchev–Trinajstić information content (AvgIpc) is 2.36. The van der Waals surface area contributed by atoms with Crippen molar-refractivity contribution in [1.82, 2.24) is 4.90 Å². The van der Waals surface area contributed by atoms with Gasteiger partial charge in [-0.25, -0.2) is 4.79 Å². The first-order valence-electron chi connectivity index (χ1n) is 6.57. The summed E-state index contributed by atoms with van der Waals surface area (Å²) in [6.45, 7) is 6.24. The van der Waals surface area contributed by atoms with Gasteiger partial charge >= 0.3 is 12.1 Å². The lowest BCUT2D eigenvalue weighted by molar-refractivity contribution is -0.147. The summed E-state index contributed by atoms with van der Waals surface area (Å²) in [6, 6.07) is 0. The maximum atomic E-state index is 11.9. The molecule has 20 heavy (non-hydrogen) atoms. The zero-order chi connectivity index (χ0) is 15.3. The van der Waals surface area contributed by atoms with Crippen LogP contribution in [0.3, 0.4) is 0 Å². The number of rotatable bonds is 3. The molecule has 1 aliphatic rings. The fourth-order valence-electron chi connectivity index (χ4n) is 1.79. The van der Waals surface area contributed by atoms with Gasteiger partial charge in [-0.05, 0) is 20.8 Å². The molecule has 2 atom stereocenters. The number of morpholine rings is 1. The Kier molecular flexibility index (Phi) is 5.76. The molecular formula is C13H23NO6. The lowest BCUT2D eigenvalue weighted by Gasteiger charge is -2.35. The Morgan fingerprint density at radius 1 is 1.45 bits per heavy atom. The summed E-state index contributed by atoms with van der Waals surface area (Å²) in [6.07, 6.45) is -2.23. The van der Waals surface area contributed by atoms with Gasteiger partial charge in [0.2, 0.25) is 0 Å². The molecule has 0 saturated carbocycles. The molecule has 116 valence electrons. The molecule has 0 bridgehead atoms. The number of amides is 1. The first-order valence-corrected chi connectivity index (χ1v) is 6.57. The van der Waals surface area contributed by atoms with Gasteiger partial charge in [0, 0.05) is 6.54 Å². The van der Waals surface area contributed by atoms with Gasteiger partial charge in [-0.3, -0.25) is 4.79 Å². The molecule has 1 unspecified atom stereocenters. The molecule has 1 rings (SSSR count). The molecule has 0 aromatic heterocycles. The summed E-state index contributed by atoms with van der Waals surface area (Å²) < 4.78 is 15.1. The zero-order valence-corrected chi connectivity index (χ0v) is 12.4. The Morgan fingerprint density at radius 3 is 2.65 bits per heavy atom. The number of carbonyl (C=O) groups is 2. The Hall–Kier alpha value is -1.34. The van der Waals surface area contributed by atoms with Gasteiger partial charge in [-0.15, -0.1) is 0 Å².